The van der Waals surface area contributed by atoms with Gasteiger partial charge < -0.3 is 31.4 Å². The van der Waals surface area contributed by atoms with Crippen molar-refractivity contribution in [2.75, 3.05) is 24.3 Å². The minimum Gasteiger partial charge on any atom is -0.480 e. The van der Waals surface area contributed by atoms with Crippen LogP contribution in [0.2, 0.25) is 0 Å². The van der Waals surface area contributed by atoms with Crippen LogP contribution in [-0.2, 0) is 25.6 Å². The van der Waals surface area contributed by atoms with Gasteiger partial charge in [0.05, 0.1) is 6.04 Å². The fourth-order valence-electron chi connectivity index (χ4n) is 4.33. The summed E-state index contributed by atoms with van der Waals surface area (Å²) < 4.78 is 0. The number of aliphatic carboxylic acids is 1. The van der Waals surface area contributed by atoms with Gasteiger partial charge in [-0.2, -0.15) is 24.4 Å². The third kappa shape index (κ3) is 6.74. The first-order valence-electron chi connectivity index (χ1n) is 11.8. The Morgan fingerprint density at radius 2 is 1.94 bits per heavy atom. The molecule has 196 valence electrons. The van der Waals surface area contributed by atoms with Gasteiger partial charge in [0.1, 0.15) is 18.1 Å². The number of H-pyrrole nitrogens is 1. The molecule has 1 aromatic carbocycles. The molecule has 1 aromatic heterocycles. The number of carboxylic acid groups (broad SMARTS) is 1. The number of hydrogen-bond donors (Lipinski definition) is 6. The summed E-state index contributed by atoms with van der Waals surface area (Å²) in [6.45, 7) is 0.299. The van der Waals surface area contributed by atoms with Crippen LogP contribution in [-0.4, -0.2) is 87.2 Å². The predicted octanol–water partition coefficient (Wildman–Crippen LogP) is 0.766. The first-order valence-corrected chi connectivity index (χ1v) is 13.8. The maximum atomic E-state index is 13.5. The quantitative estimate of drug-likeness (QED) is 0.219. The maximum absolute atomic E-state index is 13.5. The maximum Gasteiger partial charge on any atom is 0.326 e. The van der Waals surface area contributed by atoms with Gasteiger partial charge in [-0.3, -0.25) is 14.4 Å². The van der Waals surface area contributed by atoms with E-state index in [9.17, 15) is 24.3 Å². The van der Waals surface area contributed by atoms with Crippen molar-refractivity contribution >= 4 is 59.0 Å². The highest BCUT2D eigenvalue weighted by Crippen LogP contribution is 2.23. The van der Waals surface area contributed by atoms with Crippen LogP contribution in [0.1, 0.15) is 24.8 Å². The molecule has 0 radical (unpaired) electrons. The SMILES string of the molecule is CSCCC(N)C(=O)NC(CS)C(=O)NC(Cc1c[nH]c2ccccc12)C(=O)N1CCCC1C(=O)O. The summed E-state index contributed by atoms with van der Waals surface area (Å²) in [7, 11) is 0. The Kier molecular flexibility index (Phi) is 10.1. The van der Waals surface area contributed by atoms with Gasteiger partial charge in [-0.25, -0.2) is 4.79 Å². The highest BCUT2D eigenvalue weighted by atomic mass is 32.2. The molecule has 1 fully saturated rings. The number of aromatic nitrogens is 1. The van der Waals surface area contributed by atoms with Gasteiger partial charge in [0, 0.05) is 35.8 Å². The molecule has 1 aliphatic rings. The number of rotatable bonds is 12. The summed E-state index contributed by atoms with van der Waals surface area (Å²) >= 11 is 5.78. The lowest BCUT2D eigenvalue weighted by molar-refractivity contribution is -0.149. The number of nitrogens with two attached hydrogens (primary N) is 1. The van der Waals surface area contributed by atoms with E-state index in [2.05, 4.69) is 28.2 Å². The molecule has 4 atom stereocenters. The molecule has 3 rings (SSSR count). The fraction of sp³-hybridized carbons (Fsp3) is 0.500. The summed E-state index contributed by atoms with van der Waals surface area (Å²) in [6.07, 6.45) is 5.23. The molecule has 6 N–H and O–H groups in total. The molecule has 3 amide bonds. The molecule has 0 saturated carbocycles. The zero-order valence-corrected chi connectivity index (χ0v) is 21.8. The van der Waals surface area contributed by atoms with E-state index in [1.54, 1.807) is 18.0 Å². The van der Waals surface area contributed by atoms with Crippen LogP contribution < -0.4 is 16.4 Å². The van der Waals surface area contributed by atoms with Crippen LogP contribution in [0, 0.1) is 0 Å². The standard InChI is InChI=1S/C24H33N5O5S2/c1-36-10-8-16(25)21(30)28-19(13-35)22(31)27-18(23(32)29-9-4-7-20(29)24(33)34)11-14-12-26-17-6-3-2-5-15(14)17/h2-3,5-6,12,16,18-20,26,35H,4,7-11,13,25H2,1H3,(H,27,31)(H,28,30)(H,33,34). The second-order valence-corrected chi connectivity index (χ2v) is 10.1. The van der Waals surface area contributed by atoms with Crippen molar-refractivity contribution in [1.82, 2.24) is 20.5 Å². The zero-order chi connectivity index (χ0) is 26.2. The average molecular weight is 536 g/mol. The number of thioether (sulfide) groups is 1. The molecule has 12 heteroatoms. The van der Waals surface area contributed by atoms with Crippen molar-refractivity contribution in [1.29, 1.82) is 0 Å². The average Bonchev–Trinajstić information content (AvgIpc) is 3.52. The van der Waals surface area contributed by atoms with Crippen molar-refractivity contribution in [2.24, 2.45) is 5.73 Å². The van der Waals surface area contributed by atoms with E-state index in [1.165, 1.54) is 4.90 Å². The van der Waals surface area contributed by atoms with Crippen LogP contribution in [0.15, 0.2) is 30.5 Å². The van der Waals surface area contributed by atoms with Crippen molar-refractivity contribution in [3.05, 3.63) is 36.0 Å². The Morgan fingerprint density at radius 1 is 1.22 bits per heavy atom. The second-order valence-electron chi connectivity index (χ2n) is 8.78. The minimum absolute atomic E-state index is 0.00226. The van der Waals surface area contributed by atoms with E-state index < -0.39 is 47.9 Å². The number of thiol groups is 1. The normalized spacial score (nSPS) is 18.0. The monoisotopic (exact) mass is 535 g/mol. The van der Waals surface area contributed by atoms with Gasteiger partial charge in [-0.1, -0.05) is 18.2 Å². The van der Waals surface area contributed by atoms with Crippen LogP contribution >= 0.6 is 24.4 Å². The topological polar surface area (TPSA) is 158 Å². The first-order chi connectivity index (χ1) is 17.3. The van der Waals surface area contributed by atoms with Gasteiger partial charge in [0.15, 0.2) is 0 Å². The molecule has 1 saturated heterocycles. The van der Waals surface area contributed by atoms with Crippen molar-refractivity contribution in [3.8, 4) is 0 Å². The Morgan fingerprint density at radius 3 is 2.64 bits per heavy atom. The smallest absolute Gasteiger partial charge is 0.326 e. The molecule has 0 aliphatic carbocycles. The van der Waals surface area contributed by atoms with Crippen molar-refractivity contribution < 1.29 is 24.3 Å². The third-order valence-corrected chi connectivity index (χ3v) is 7.33. The molecule has 10 nitrogen and oxygen atoms in total. The molecule has 2 aromatic rings. The van der Waals surface area contributed by atoms with Crippen molar-refractivity contribution in [3.63, 3.8) is 0 Å². The van der Waals surface area contributed by atoms with Crippen molar-refractivity contribution in [2.45, 2.75) is 49.9 Å². The Bertz CT molecular complexity index is 1090. The van der Waals surface area contributed by atoms with Crippen LogP contribution in [0.25, 0.3) is 10.9 Å². The Hall–Kier alpha value is -2.70. The summed E-state index contributed by atoms with van der Waals surface area (Å²) in [5.74, 6) is -1.89. The van der Waals surface area contributed by atoms with E-state index in [0.29, 0.717) is 31.6 Å². The van der Waals surface area contributed by atoms with E-state index in [4.69, 9.17) is 5.73 Å². The van der Waals surface area contributed by atoms with Gasteiger partial charge in [0.25, 0.3) is 0 Å². The number of fused-ring (bicyclic) bond motifs is 1. The molecular formula is C24H33N5O5S2. The van der Waals surface area contributed by atoms with Gasteiger partial charge in [-0.15, -0.1) is 0 Å². The van der Waals surface area contributed by atoms with E-state index in [0.717, 1.165) is 16.5 Å². The third-order valence-electron chi connectivity index (χ3n) is 6.32. The number of amides is 3. The number of likely N-dealkylation sites (tertiary alicyclic amines) is 1. The molecule has 2 heterocycles. The van der Waals surface area contributed by atoms with Crippen LogP contribution in [0.3, 0.4) is 0 Å². The Labute approximate surface area is 219 Å². The number of hydrogen-bond acceptors (Lipinski definition) is 7. The summed E-state index contributed by atoms with van der Waals surface area (Å²) in [4.78, 5) is 55.3. The fourth-order valence-corrected chi connectivity index (χ4v) is 5.08. The van der Waals surface area contributed by atoms with E-state index in [-0.39, 0.29) is 12.2 Å². The lowest BCUT2D eigenvalue weighted by Crippen LogP contribution is -2.58. The number of carbonyl (C=O) groups is 4. The summed E-state index contributed by atoms with van der Waals surface area (Å²) in [6, 6.07) is 3.84. The number of nitrogens with zero attached hydrogens (tertiary/aromatic N) is 1. The summed E-state index contributed by atoms with van der Waals surface area (Å²) in [5, 5.41) is 15.8. The largest absolute Gasteiger partial charge is 0.480 e. The highest BCUT2D eigenvalue weighted by Gasteiger charge is 2.38. The van der Waals surface area contributed by atoms with E-state index >= 15 is 0 Å². The molecule has 0 spiro atoms. The number of carboxylic acids is 1. The minimum atomic E-state index is -1.07. The zero-order valence-electron chi connectivity index (χ0n) is 20.1. The number of carbonyl (C=O) groups excluding carboxylic acids is 3. The number of benzene rings is 1. The number of para-hydroxylation sites is 1. The molecular weight excluding hydrogens is 502 g/mol. The summed E-state index contributed by atoms with van der Waals surface area (Å²) in [5.41, 5.74) is 7.61. The van der Waals surface area contributed by atoms with E-state index in [1.807, 2.05) is 30.5 Å². The molecule has 0 bridgehead atoms. The molecule has 36 heavy (non-hydrogen) atoms. The van der Waals surface area contributed by atoms with Gasteiger partial charge in [0.2, 0.25) is 17.7 Å². The van der Waals surface area contributed by atoms with Gasteiger partial charge in [-0.05, 0) is 42.9 Å². The van der Waals surface area contributed by atoms with Crippen LogP contribution in [0.4, 0.5) is 0 Å². The Balaban J connectivity index is 1.80. The lowest BCUT2D eigenvalue weighted by atomic mass is 10.0. The number of aromatic amines is 1. The first kappa shape index (κ1) is 27.9. The molecule has 1 aliphatic heterocycles. The molecule has 4 unspecified atom stereocenters. The predicted molar refractivity (Wildman–Crippen MR) is 143 cm³/mol. The second kappa shape index (κ2) is 13.0. The van der Waals surface area contributed by atoms with Gasteiger partial charge >= 0.3 is 5.97 Å². The lowest BCUT2D eigenvalue weighted by Gasteiger charge is -2.28. The highest BCUT2D eigenvalue weighted by molar-refractivity contribution is 7.98. The van der Waals surface area contributed by atoms with Crippen LogP contribution in [0.5, 0.6) is 0 Å². The number of nitrogens with one attached hydrogen (secondary N) is 3.